The number of carboxylic acid groups (broad SMARTS) is 1. The lowest BCUT2D eigenvalue weighted by Gasteiger charge is -2.28. The number of ether oxygens (including phenoxy) is 1. The van der Waals surface area contributed by atoms with E-state index in [2.05, 4.69) is 10.3 Å². The second kappa shape index (κ2) is 8.75. The molecule has 2 aromatic rings. The average Bonchev–Trinajstić information content (AvgIpc) is 3.17. The van der Waals surface area contributed by atoms with Gasteiger partial charge >= 0.3 is 12.1 Å². The molecular formula is C23H27N3O5. The molecule has 0 saturated carbocycles. The number of aryl methyl sites for hydroxylation is 1. The molecule has 0 bridgehead atoms. The first kappa shape index (κ1) is 22.3. The summed E-state index contributed by atoms with van der Waals surface area (Å²) in [5, 5.41) is 11.9. The van der Waals surface area contributed by atoms with Gasteiger partial charge in [-0.15, -0.1) is 0 Å². The van der Waals surface area contributed by atoms with Crippen molar-refractivity contribution in [3.05, 3.63) is 47.8 Å². The number of carbonyl (C=O) groups is 3. The van der Waals surface area contributed by atoms with Gasteiger partial charge in [0.1, 0.15) is 17.3 Å². The van der Waals surface area contributed by atoms with Gasteiger partial charge < -0.3 is 15.2 Å². The standard InChI is InChI=1S/C23H27N3O5/c1-14-17(11-12-18(24-14)21(28)29)15-7-9-16(10-8-15)25-20(27)19-6-5-13-26(19)22(30)31-23(2,3)4/h7-12,19H,5-6,13H2,1-4H3,(H,25,27)(H,28,29)/t19-/m1/s1. The summed E-state index contributed by atoms with van der Waals surface area (Å²) < 4.78 is 5.42. The maximum Gasteiger partial charge on any atom is 0.410 e. The summed E-state index contributed by atoms with van der Waals surface area (Å²) in [5.74, 6) is -1.32. The second-order valence-corrected chi connectivity index (χ2v) is 8.53. The SMILES string of the molecule is Cc1nc(C(=O)O)ccc1-c1ccc(NC(=O)[C@H]2CCCN2C(=O)OC(C)(C)C)cc1. The Bertz CT molecular complexity index is 995. The van der Waals surface area contributed by atoms with Gasteiger partial charge in [0.2, 0.25) is 5.91 Å². The number of carboxylic acids is 1. The largest absolute Gasteiger partial charge is 0.477 e. The zero-order valence-electron chi connectivity index (χ0n) is 18.1. The fourth-order valence-corrected chi connectivity index (χ4v) is 3.52. The molecular weight excluding hydrogens is 398 g/mol. The van der Waals surface area contributed by atoms with Gasteiger partial charge in [0.15, 0.2) is 0 Å². The van der Waals surface area contributed by atoms with E-state index in [9.17, 15) is 14.4 Å². The van der Waals surface area contributed by atoms with Crippen LogP contribution in [0.4, 0.5) is 10.5 Å². The van der Waals surface area contributed by atoms with E-state index in [0.717, 1.165) is 17.5 Å². The van der Waals surface area contributed by atoms with Gasteiger partial charge in [-0.3, -0.25) is 9.69 Å². The summed E-state index contributed by atoms with van der Waals surface area (Å²) in [6.45, 7) is 7.63. The molecule has 31 heavy (non-hydrogen) atoms. The van der Waals surface area contributed by atoms with Crippen LogP contribution < -0.4 is 5.32 Å². The van der Waals surface area contributed by atoms with Crippen molar-refractivity contribution in [2.24, 2.45) is 0 Å². The molecule has 1 saturated heterocycles. The zero-order chi connectivity index (χ0) is 22.8. The number of amides is 2. The Morgan fingerprint density at radius 2 is 1.81 bits per heavy atom. The summed E-state index contributed by atoms with van der Waals surface area (Å²) in [7, 11) is 0. The number of nitrogens with zero attached hydrogens (tertiary/aromatic N) is 2. The number of rotatable bonds is 4. The number of hydrogen-bond acceptors (Lipinski definition) is 5. The Balaban J connectivity index is 1.69. The third-order valence-corrected chi connectivity index (χ3v) is 4.95. The maximum atomic E-state index is 12.8. The number of hydrogen-bond donors (Lipinski definition) is 2. The van der Waals surface area contributed by atoms with Gasteiger partial charge in [0, 0.05) is 23.5 Å². The fraction of sp³-hybridized carbons (Fsp3) is 0.391. The van der Waals surface area contributed by atoms with Gasteiger partial charge in [-0.2, -0.15) is 0 Å². The van der Waals surface area contributed by atoms with E-state index in [1.165, 1.54) is 11.0 Å². The summed E-state index contributed by atoms with van der Waals surface area (Å²) in [5.41, 5.74) is 2.27. The molecule has 8 heteroatoms. The first-order chi connectivity index (χ1) is 14.5. The highest BCUT2D eigenvalue weighted by atomic mass is 16.6. The lowest BCUT2D eigenvalue weighted by Crippen LogP contribution is -2.45. The number of aromatic nitrogens is 1. The molecule has 0 radical (unpaired) electrons. The van der Waals surface area contributed by atoms with Crippen LogP contribution in [0.2, 0.25) is 0 Å². The van der Waals surface area contributed by atoms with Gasteiger partial charge in [0.05, 0.1) is 0 Å². The predicted molar refractivity (Wildman–Crippen MR) is 116 cm³/mol. The van der Waals surface area contributed by atoms with Crippen LogP contribution in [-0.2, 0) is 9.53 Å². The van der Waals surface area contributed by atoms with E-state index in [0.29, 0.717) is 24.3 Å². The van der Waals surface area contributed by atoms with Crippen LogP contribution in [0, 0.1) is 6.92 Å². The monoisotopic (exact) mass is 425 g/mol. The molecule has 1 aliphatic rings. The van der Waals surface area contributed by atoms with Gasteiger partial charge in [-0.25, -0.2) is 14.6 Å². The van der Waals surface area contributed by atoms with Crippen molar-refractivity contribution in [2.45, 2.75) is 52.2 Å². The quantitative estimate of drug-likeness (QED) is 0.764. The van der Waals surface area contributed by atoms with Crippen LogP contribution in [0.5, 0.6) is 0 Å². The Kier molecular flexibility index (Phi) is 6.29. The Labute approximate surface area is 181 Å². The molecule has 1 fully saturated rings. The highest BCUT2D eigenvalue weighted by Crippen LogP contribution is 2.26. The smallest absolute Gasteiger partial charge is 0.410 e. The minimum Gasteiger partial charge on any atom is -0.477 e. The second-order valence-electron chi connectivity index (χ2n) is 8.53. The third kappa shape index (κ3) is 5.39. The van der Waals surface area contributed by atoms with Crippen LogP contribution in [0.3, 0.4) is 0 Å². The Hall–Kier alpha value is -3.42. The summed E-state index contributed by atoms with van der Waals surface area (Å²) in [4.78, 5) is 41.8. The molecule has 3 rings (SSSR count). The van der Waals surface area contributed by atoms with E-state index in [-0.39, 0.29) is 11.6 Å². The summed E-state index contributed by atoms with van der Waals surface area (Å²) >= 11 is 0. The first-order valence-corrected chi connectivity index (χ1v) is 10.2. The number of benzene rings is 1. The molecule has 1 atom stereocenters. The van der Waals surface area contributed by atoms with Crippen molar-refractivity contribution < 1.29 is 24.2 Å². The molecule has 0 unspecified atom stereocenters. The number of nitrogens with one attached hydrogen (secondary N) is 1. The highest BCUT2D eigenvalue weighted by molar-refractivity contribution is 5.97. The van der Waals surface area contributed by atoms with Crippen LogP contribution in [0.25, 0.3) is 11.1 Å². The maximum absolute atomic E-state index is 12.8. The molecule has 1 aliphatic heterocycles. The fourth-order valence-electron chi connectivity index (χ4n) is 3.52. The van der Waals surface area contributed by atoms with Crippen molar-refractivity contribution >= 4 is 23.7 Å². The molecule has 0 spiro atoms. The first-order valence-electron chi connectivity index (χ1n) is 10.2. The van der Waals surface area contributed by atoms with Crippen molar-refractivity contribution in [3.8, 4) is 11.1 Å². The number of likely N-dealkylation sites (tertiary alicyclic amines) is 1. The highest BCUT2D eigenvalue weighted by Gasteiger charge is 2.36. The van der Waals surface area contributed by atoms with Crippen molar-refractivity contribution in [2.75, 3.05) is 11.9 Å². The van der Waals surface area contributed by atoms with Crippen molar-refractivity contribution in [1.29, 1.82) is 0 Å². The van der Waals surface area contributed by atoms with E-state index < -0.39 is 23.7 Å². The van der Waals surface area contributed by atoms with Crippen LogP contribution in [0.15, 0.2) is 36.4 Å². The normalized spacial score (nSPS) is 16.1. The summed E-state index contributed by atoms with van der Waals surface area (Å²) in [6, 6.07) is 9.82. The predicted octanol–water partition coefficient (Wildman–Crippen LogP) is 4.09. The van der Waals surface area contributed by atoms with E-state index in [1.54, 1.807) is 45.9 Å². The van der Waals surface area contributed by atoms with Gasteiger partial charge in [-0.05, 0) is 64.3 Å². The molecule has 1 aromatic heterocycles. The van der Waals surface area contributed by atoms with Crippen LogP contribution >= 0.6 is 0 Å². The molecule has 8 nitrogen and oxygen atoms in total. The number of pyridine rings is 1. The van der Waals surface area contributed by atoms with E-state index >= 15 is 0 Å². The lowest BCUT2D eigenvalue weighted by molar-refractivity contribution is -0.120. The molecule has 164 valence electrons. The van der Waals surface area contributed by atoms with Gasteiger partial charge in [0.25, 0.3) is 0 Å². The topological polar surface area (TPSA) is 109 Å². The van der Waals surface area contributed by atoms with Crippen LogP contribution in [-0.4, -0.2) is 51.1 Å². The molecule has 2 amide bonds. The van der Waals surface area contributed by atoms with Crippen LogP contribution in [0.1, 0.15) is 49.8 Å². The number of anilines is 1. The van der Waals surface area contributed by atoms with Gasteiger partial charge in [-0.1, -0.05) is 18.2 Å². The molecule has 2 N–H and O–H groups in total. The molecule has 2 heterocycles. The van der Waals surface area contributed by atoms with E-state index in [1.807, 2.05) is 12.1 Å². The summed E-state index contributed by atoms with van der Waals surface area (Å²) in [6.07, 6.45) is 0.854. The minimum atomic E-state index is -1.07. The average molecular weight is 425 g/mol. The lowest BCUT2D eigenvalue weighted by atomic mass is 10.0. The zero-order valence-corrected chi connectivity index (χ0v) is 18.1. The molecule has 1 aromatic carbocycles. The Morgan fingerprint density at radius 3 is 2.39 bits per heavy atom. The van der Waals surface area contributed by atoms with Crippen molar-refractivity contribution in [3.63, 3.8) is 0 Å². The van der Waals surface area contributed by atoms with Crippen molar-refractivity contribution in [1.82, 2.24) is 9.88 Å². The minimum absolute atomic E-state index is 0.00348. The molecule has 0 aliphatic carbocycles. The number of carbonyl (C=O) groups excluding carboxylic acids is 2. The van der Waals surface area contributed by atoms with E-state index in [4.69, 9.17) is 9.84 Å². The Morgan fingerprint density at radius 1 is 1.13 bits per heavy atom. The third-order valence-electron chi connectivity index (χ3n) is 4.95. The number of aromatic carboxylic acids is 1.